The molecule has 6 nitrogen and oxygen atoms in total. The van der Waals surface area contributed by atoms with Crippen molar-refractivity contribution >= 4 is 18.0 Å². The number of nitrogens with zero attached hydrogens (tertiary/aromatic N) is 2. The predicted molar refractivity (Wildman–Crippen MR) is 75.5 cm³/mol. The molecule has 1 heterocycles. The van der Waals surface area contributed by atoms with Gasteiger partial charge in [0.05, 0.1) is 21.1 Å². The van der Waals surface area contributed by atoms with E-state index < -0.39 is 18.0 Å². The summed E-state index contributed by atoms with van der Waals surface area (Å²) in [6.45, 7) is 3.60. The zero-order chi connectivity index (χ0) is 15.1. The summed E-state index contributed by atoms with van der Waals surface area (Å²) in [6.07, 6.45) is 5.29. The fourth-order valence-electron chi connectivity index (χ4n) is 1.25. The van der Waals surface area contributed by atoms with Crippen molar-refractivity contribution in [3.8, 4) is 0 Å². The van der Waals surface area contributed by atoms with Crippen LogP contribution >= 0.6 is 0 Å². The maximum Gasteiger partial charge on any atom is 0.368 e. The number of carbonyl (C=O) groups is 2. The van der Waals surface area contributed by atoms with Crippen LogP contribution in [-0.2, 0) is 9.59 Å². The molecule has 1 N–H and O–H groups in total. The third-order valence-corrected chi connectivity index (χ3v) is 2.17. The molecule has 0 spiro atoms. The molecule has 0 aliphatic carbocycles. The van der Waals surface area contributed by atoms with E-state index in [1.807, 2.05) is 12.1 Å². The van der Waals surface area contributed by atoms with Gasteiger partial charge in [-0.15, -0.1) is 0 Å². The Morgan fingerprint density at radius 2 is 1.80 bits per heavy atom. The lowest BCUT2D eigenvalue weighted by atomic mass is 10.2. The van der Waals surface area contributed by atoms with Gasteiger partial charge >= 0.3 is 5.97 Å². The first-order chi connectivity index (χ1) is 8.70. The number of quaternary nitrogens is 1. The highest BCUT2D eigenvalue weighted by atomic mass is 16.4. The normalized spacial score (nSPS) is 11.2. The number of aliphatic carboxylic acids is 2. The molecular weight excluding hydrogens is 260 g/mol. The lowest BCUT2D eigenvalue weighted by molar-refractivity contribution is -0.880. The fourth-order valence-corrected chi connectivity index (χ4v) is 1.25. The number of carbonyl (C=O) groups excluding carboxylic acids is 1. The molecule has 0 saturated carbocycles. The molecule has 0 saturated heterocycles. The molecular formula is C14H22N2O4. The largest absolute Gasteiger partial charge is 0.543 e. The fraction of sp³-hybridized carbons (Fsp3) is 0.357. The van der Waals surface area contributed by atoms with Gasteiger partial charge < -0.3 is 19.5 Å². The van der Waals surface area contributed by atoms with Crippen molar-refractivity contribution in [1.29, 1.82) is 0 Å². The van der Waals surface area contributed by atoms with Crippen LogP contribution in [0.3, 0.4) is 0 Å². The molecule has 0 bridgehead atoms. The SMILES string of the molecule is C.C=Cc1ccncc1.C[N+](C)(C)C(C(=O)[O-])C(=O)O. The average molecular weight is 282 g/mol. The molecule has 0 fully saturated rings. The summed E-state index contributed by atoms with van der Waals surface area (Å²) in [5.74, 6) is -2.94. The summed E-state index contributed by atoms with van der Waals surface area (Å²) in [4.78, 5) is 24.5. The van der Waals surface area contributed by atoms with Crippen LogP contribution < -0.4 is 5.11 Å². The first kappa shape index (κ1) is 20.1. The molecule has 0 aliphatic heterocycles. The van der Waals surface area contributed by atoms with E-state index >= 15 is 0 Å². The maximum absolute atomic E-state index is 10.4. The minimum atomic E-state index is -1.56. The van der Waals surface area contributed by atoms with Crippen molar-refractivity contribution in [2.24, 2.45) is 0 Å². The number of hydrogen-bond acceptors (Lipinski definition) is 4. The van der Waals surface area contributed by atoms with Gasteiger partial charge in [-0.2, -0.15) is 0 Å². The third-order valence-electron chi connectivity index (χ3n) is 2.17. The molecule has 0 amide bonds. The third kappa shape index (κ3) is 7.27. The van der Waals surface area contributed by atoms with Crippen LogP contribution in [0.25, 0.3) is 6.08 Å². The van der Waals surface area contributed by atoms with E-state index in [1.54, 1.807) is 18.5 Å². The Bertz CT molecular complexity index is 424. The van der Waals surface area contributed by atoms with Crippen LogP contribution in [0, 0.1) is 0 Å². The molecule has 0 aliphatic rings. The molecule has 6 heteroatoms. The Morgan fingerprint density at radius 1 is 1.35 bits per heavy atom. The Hall–Kier alpha value is -2.21. The van der Waals surface area contributed by atoms with E-state index in [0.717, 1.165) is 5.56 Å². The van der Waals surface area contributed by atoms with Gasteiger partial charge in [-0.25, -0.2) is 4.79 Å². The van der Waals surface area contributed by atoms with Crippen molar-refractivity contribution < 1.29 is 24.3 Å². The minimum absolute atomic E-state index is 0. The van der Waals surface area contributed by atoms with E-state index in [2.05, 4.69) is 11.6 Å². The molecule has 0 radical (unpaired) electrons. The zero-order valence-corrected chi connectivity index (χ0v) is 11.2. The van der Waals surface area contributed by atoms with Crippen molar-refractivity contribution in [2.75, 3.05) is 21.1 Å². The zero-order valence-electron chi connectivity index (χ0n) is 11.2. The van der Waals surface area contributed by atoms with Crippen LogP contribution in [0.5, 0.6) is 0 Å². The molecule has 20 heavy (non-hydrogen) atoms. The summed E-state index contributed by atoms with van der Waals surface area (Å²) in [5.41, 5.74) is 1.11. The number of rotatable bonds is 4. The van der Waals surface area contributed by atoms with Gasteiger partial charge in [0.25, 0.3) is 0 Å². The standard InChI is InChI=1S/C7H7N.C6H11NO4.CH4/c1-2-7-3-5-8-6-4-7;1-7(2,3)4(5(8)9)6(10)11;/h2-6H,1H2;4H,1-3H3,(H-,8,9,10,11);1H4. The second-order valence-corrected chi connectivity index (χ2v) is 4.66. The molecule has 1 unspecified atom stereocenters. The smallest absolute Gasteiger partial charge is 0.368 e. The van der Waals surface area contributed by atoms with Gasteiger partial charge in [0.15, 0.2) is 0 Å². The Morgan fingerprint density at radius 3 is 1.95 bits per heavy atom. The highest BCUT2D eigenvalue weighted by molar-refractivity contribution is 5.94. The Balaban J connectivity index is 0. The molecule has 112 valence electrons. The highest BCUT2D eigenvalue weighted by Gasteiger charge is 2.32. The predicted octanol–water partition coefficient (Wildman–Crippen LogP) is 0.256. The Kier molecular flexibility index (Phi) is 8.87. The van der Waals surface area contributed by atoms with E-state index in [4.69, 9.17) is 5.11 Å². The van der Waals surface area contributed by atoms with Crippen molar-refractivity contribution in [1.82, 2.24) is 4.98 Å². The van der Waals surface area contributed by atoms with E-state index in [9.17, 15) is 14.7 Å². The number of carboxylic acid groups (broad SMARTS) is 2. The summed E-state index contributed by atoms with van der Waals surface area (Å²) in [6, 6.07) is 2.31. The van der Waals surface area contributed by atoms with Gasteiger partial charge in [0.2, 0.25) is 6.04 Å². The van der Waals surface area contributed by atoms with Crippen LogP contribution in [0.4, 0.5) is 0 Å². The topological polar surface area (TPSA) is 90.3 Å². The summed E-state index contributed by atoms with van der Waals surface area (Å²) >= 11 is 0. The number of carboxylic acids is 2. The first-order valence-electron chi connectivity index (χ1n) is 5.47. The maximum atomic E-state index is 10.4. The second-order valence-electron chi connectivity index (χ2n) is 4.66. The van der Waals surface area contributed by atoms with Gasteiger partial charge in [-0.1, -0.05) is 20.1 Å². The van der Waals surface area contributed by atoms with Crippen LogP contribution in [0.15, 0.2) is 31.1 Å². The monoisotopic (exact) mass is 282 g/mol. The number of pyridine rings is 1. The van der Waals surface area contributed by atoms with Gasteiger partial charge in [0, 0.05) is 12.4 Å². The quantitative estimate of drug-likeness (QED) is 0.632. The van der Waals surface area contributed by atoms with Crippen LogP contribution in [0.1, 0.15) is 13.0 Å². The van der Waals surface area contributed by atoms with E-state index in [0.29, 0.717) is 0 Å². The molecule has 1 aromatic rings. The second kappa shape index (κ2) is 8.82. The summed E-state index contributed by atoms with van der Waals surface area (Å²) in [5, 5.41) is 18.7. The summed E-state index contributed by atoms with van der Waals surface area (Å²) in [7, 11) is 4.44. The summed E-state index contributed by atoms with van der Waals surface area (Å²) < 4.78 is -0.183. The highest BCUT2D eigenvalue weighted by Crippen LogP contribution is 2.01. The van der Waals surface area contributed by atoms with Crippen LogP contribution in [-0.4, -0.2) is 53.7 Å². The van der Waals surface area contributed by atoms with E-state index in [-0.39, 0.29) is 11.9 Å². The number of likely N-dealkylation sites (N-methyl/N-ethyl adjacent to an activating group) is 1. The Labute approximate surface area is 119 Å². The lowest BCUT2D eigenvalue weighted by Crippen LogP contribution is -2.58. The molecule has 1 aromatic heterocycles. The van der Waals surface area contributed by atoms with Gasteiger partial charge in [-0.05, 0) is 17.7 Å². The van der Waals surface area contributed by atoms with Crippen molar-refractivity contribution in [3.63, 3.8) is 0 Å². The number of hydrogen-bond donors (Lipinski definition) is 1. The first-order valence-corrected chi connectivity index (χ1v) is 5.47. The van der Waals surface area contributed by atoms with Crippen LogP contribution in [0.2, 0.25) is 0 Å². The molecule has 1 rings (SSSR count). The van der Waals surface area contributed by atoms with E-state index in [1.165, 1.54) is 21.1 Å². The van der Waals surface area contributed by atoms with Crippen molar-refractivity contribution in [3.05, 3.63) is 36.7 Å². The number of aromatic nitrogens is 1. The lowest BCUT2D eigenvalue weighted by Gasteiger charge is -2.31. The molecule has 0 aromatic carbocycles. The van der Waals surface area contributed by atoms with Gasteiger partial charge in [-0.3, -0.25) is 4.98 Å². The van der Waals surface area contributed by atoms with Crippen molar-refractivity contribution in [2.45, 2.75) is 13.5 Å². The minimum Gasteiger partial charge on any atom is -0.543 e. The van der Waals surface area contributed by atoms with Gasteiger partial charge in [0.1, 0.15) is 5.97 Å². The molecule has 1 atom stereocenters. The average Bonchev–Trinajstić information content (AvgIpc) is 2.27.